The zero-order valence-corrected chi connectivity index (χ0v) is 19.2. The predicted molar refractivity (Wildman–Crippen MR) is 119 cm³/mol. The molecule has 2 heterocycles. The molecular weight excluding hydrogens is 481 g/mol. The van der Waals surface area contributed by atoms with Gasteiger partial charge in [0.05, 0.1) is 18.2 Å². The van der Waals surface area contributed by atoms with Crippen LogP contribution in [0.3, 0.4) is 0 Å². The van der Waals surface area contributed by atoms with E-state index in [1.807, 2.05) is 48.0 Å². The Hall–Kier alpha value is -1.52. The average molecular weight is 508 g/mol. The first kappa shape index (κ1) is 23.5. The minimum absolute atomic E-state index is 0. The lowest BCUT2D eigenvalue weighted by atomic mass is 10.2. The number of methoxy groups -OCH3 is 1. The Morgan fingerprint density at radius 3 is 2.81 bits per heavy atom. The Labute approximate surface area is 182 Å². The highest BCUT2D eigenvalue weighted by molar-refractivity contribution is 14.0. The van der Waals surface area contributed by atoms with Crippen LogP contribution in [0.1, 0.15) is 11.3 Å². The van der Waals surface area contributed by atoms with Crippen LogP contribution in [-0.4, -0.2) is 54.8 Å². The fourth-order valence-corrected chi connectivity index (χ4v) is 2.78. The summed E-state index contributed by atoms with van der Waals surface area (Å²) in [6.07, 6.45) is 3.60. The molecule has 0 aromatic carbocycles. The molecule has 0 saturated heterocycles. The van der Waals surface area contributed by atoms with Crippen LogP contribution in [0.2, 0.25) is 5.02 Å². The second kappa shape index (κ2) is 12.0. The van der Waals surface area contributed by atoms with Gasteiger partial charge in [-0.15, -0.1) is 24.0 Å². The lowest BCUT2D eigenvalue weighted by molar-refractivity contribution is 0.143. The van der Waals surface area contributed by atoms with Crippen molar-refractivity contribution in [2.45, 2.75) is 13.1 Å². The SMILES string of the molecule is CN=C(NCc1cccnc1OCCOC)N(C)Cc1cc(Cl)cn1C.I. The van der Waals surface area contributed by atoms with E-state index in [1.165, 1.54) is 0 Å². The van der Waals surface area contributed by atoms with E-state index in [0.29, 0.717) is 32.2 Å². The number of hydrogen-bond acceptors (Lipinski definition) is 4. The van der Waals surface area contributed by atoms with Crippen LogP contribution in [0.4, 0.5) is 0 Å². The molecule has 0 atom stereocenters. The minimum Gasteiger partial charge on any atom is -0.475 e. The van der Waals surface area contributed by atoms with E-state index in [9.17, 15) is 0 Å². The van der Waals surface area contributed by atoms with Crippen molar-refractivity contribution in [2.24, 2.45) is 12.0 Å². The number of nitrogens with one attached hydrogen (secondary N) is 1. The third-order valence-electron chi connectivity index (χ3n) is 3.86. The first-order valence-electron chi connectivity index (χ1n) is 8.33. The summed E-state index contributed by atoms with van der Waals surface area (Å²) >= 11 is 6.06. The van der Waals surface area contributed by atoms with Gasteiger partial charge < -0.3 is 24.3 Å². The highest BCUT2D eigenvalue weighted by Gasteiger charge is 2.11. The van der Waals surface area contributed by atoms with Crippen molar-refractivity contribution in [3.8, 4) is 5.88 Å². The van der Waals surface area contributed by atoms with E-state index in [0.717, 1.165) is 22.2 Å². The van der Waals surface area contributed by atoms with Gasteiger partial charge in [0.15, 0.2) is 5.96 Å². The van der Waals surface area contributed by atoms with Gasteiger partial charge in [-0.05, 0) is 12.1 Å². The molecule has 2 aromatic heterocycles. The molecule has 150 valence electrons. The van der Waals surface area contributed by atoms with Gasteiger partial charge in [-0.2, -0.15) is 0 Å². The molecule has 7 nitrogen and oxygen atoms in total. The van der Waals surface area contributed by atoms with Crippen molar-refractivity contribution in [1.29, 1.82) is 0 Å². The largest absolute Gasteiger partial charge is 0.475 e. The Kier molecular flexibility index (Phi) is 10.5. The first-order chi connectivity index (χ1) is 12.5. The van der Waals surface area contributed by atoms with Gasteiger partial charge in [0.2, 0.25) is 5.88 Å². The van der Waals surface area contributed by atoms with Crippen LogP contribution < -0.4 is 10.1 Å². The van der Waals surface area contributed by atoms with Gasteiger partial charge in [0.1, 0.15) is 6.61 Å². The van der Waals surface area contributed by atoms with Crippen LogP contribution >= 0.6 is 35.6 Å². The normalized spacial score (nSPS) is 11.1. The number of guanidine groups is 1. The lowest BCUT2D eigenvalue weighted by Gasteiger charge is -2.22. The molecule has 0 radical (unpaired) electrons. The fourth-order valence-electron chi connectivity index (χ4n) is 2.51. The summed E-state index contributed by atoms with van der Waals surface area (Å²) < 4.78 is 12.7. The monoisotopic (exact) mass is 507 g/mol. The molecule has 0 aliphatic heterocycles. The van der Waals surface area contributed by atoms with Gasteiger partial charge >= 0.3 is 0 Å². The van der Waals surface area contributed by atoms with Crippen molar-refractivity contribution >= 4 is 41.5 Å². The number of pyridine rings is 1. The van der Waals surface area contributed by atoms with Crippen molar-refractivity contribution in [2.75, 3.05) is 34.4 Å². The van der Waals surface area contributed by atoms with E-state index in [4.69, 9.17) is 21.1 Å². The topological polar surface area (TPSA) is 63.9 Å². The number of aryl methyl sites for hydroxylation is 1. The molecule has 0 unspecified atom stereocenters. The summed E-state index contributed by atoms with van der Waals surface area (Å²) in [6, 6.07) is 5.82. The molecule has 2 rings (SSSR count). The summed E-state index contributed by atoms with van der Waals surface area (Å²) in [4.78, 5) is 10.7. The maximum Gasteiger partial charge on any atom is 0.218 e. The third-order valence-corrected chi connectivity index (χ3v) is 4.07. The minimum atomic E-state index is 0. The first-order valence-corrected chi connectivity index (χ1v) is 8.71. The quantitative estimate of drug-likeness (QED) is 0.258. The maximum atomic E-state index is 6.06. The summed E-state index contributed by atoms with van der Waals surface area (Å²) in [6.45, 7) is 2.23. The van der Waals surface area contributed by atoms with Gasteiger partial charge in [-0.1, -0.05) is 17.7 Å². The van der Waals surface area contributed by atoms with Crippen LogP contribution in [0.15, 0.2) is 35.6 Å². The zero-order chi connectivity index (χ0) is 18.9. The van der Waals surface area contributed by atoms with E-state index < -0.39 is 0 Å². The second-order valence-electron chi connectivity index (χ2n) is 5.83. The molecule has 0 bridgehead atoms. The van der Waals surface area contributed by atoms with Gasteiger partial charge in [0.25, 0.3) is 0 Å². The third kappa shape index (κ3) is 7.19. The van der Waals surface area contributed by atoms with Crippen molar-refractivity contribution in [1.82, 2.24) is 19.8 Å². The molecule has 0 fully saturated rings. The predicted octanol–water partition coefficient (Wildman–Crippen LogP) is 2.92. The molecule has 0 spiro atoms. The fraction of sp³-hybridized carbons (Fsp3) is 0.444. The average Bonchev–Trinajstić information content (AvgIpc) is 2.94. The number of halogens is 2. The Bertz CT molecular complexity index is 738. The smallest absolute Gasteiger partial charge is 0.218 e. The van der Waals surface area contributed by atoms with Gasteiger partial charge in [0, 0.05) is 58.4 Å². The Morgan fingerprint density at radius 2 is 2.19 bits per heavy atom. The van der Waals surface area contributed by atoms with Crippen molar-refractivity contribution < 1.29 is 9.47 Å². The van der Waals surface area contributed by atoms with Crippen molar-refractivity contribution in [3.63, 3.8) is 0 Å². The molecule has 0 saturated carbocycles. The van der Waals surface area contributed by atoms with E-state index in [1.54, 1.807) is 20.4 Å². The summed E-state index contributed by atoms with van der Waals surface area (Å²) in [7, 11) is 7.36. The molecule has 27 heavy (non-hydrogen) atoms. The standard InChI is InChI=1S/C18H26ClN5O2.HI/c1-20-18(24(3)13-16-10-15(19)12-23(16)2)22-11-14-6-5-7-21-17(14)26-9-8-25-4;/h5-7,10,12H,8-9,11,13H2,1-4H3,(H,20,22);1H. The summed E-state index contributed by atoms with van der Waals surface area (Å²) in [5.74, 6) is 1.37. The van der Waals surface area contributed by atoms with Gasteiger partial charge in [-0.3, -0.25) is 4.99 Å². The Morgan fingerprint density at radius 1 is 1.41 bits per heavy atom. The highest BCUT2D eigenvalue weighted by atomic mass is 127. The van der Waals surface area contributed by atoms with Crippen LogP contribution in [0.5, 0.6) is 5.88 Å². The highest BCUT2D eigenvalue weighted by Crippen LogP contribution is 2.15. The molecule has 9 heteroatoms. The number of rotatable bonds is 8. The second-order valence-corrected chi connectivity index (χ2v) is 6.26. The van der Waals surface area contributed by atoms with Crippen LogP contribution in [-0.2, 0) is 24.9 Å². The molecule has 0 aliphatic carbocycles. The number of hydrogen-bond donors (Lipinski definition) is 1. The number of nitrogens with zero attached hydrogens (tertiary/aromatic N) is 4. The number of ether oxygens (including phenoxy) is 2. The van der Waals surface area contributed by atoms with Crippen LogP contribution in [0.25, 0.3) is 0 Å². The van der Waals surface area contributed by atoms with Gasteiger partial charge in [-0.25, -0.2) is 4.98 Å². The molecule has 1 N–H and O–H groups in total. The molecule has 0 aliphatic rings. The van der Waals surface area contributed by atoms with E-state index >= 15 is 0 Å². The number of aromatic nitrogens is 2. The summed E-state index contributed by atoms with van der Waals surface area (Å²) in [5, 5.41) is 4.07. The zero-order valence-electron chi connectivity index (χ0n) is 16.1. The molecular formula is C18H27ClIN5O2. The molecule has 2 aromatic rings. The van der Waals surface area contributed by atoms with E-state index in [2.05, 4.69) is 15.3 Å². The summed E-state index contributed by atoms with van der Waals surface area (Å²) in [5.41, 5.74) is 2.06. The lowest BCUT2D eigenvalue weighted by Crippen LogP contribution is -2.38. The van der Waals surface area contributed by atoms with E-state index in [-0.39, 0.29) is 24.0 Å². The maximum absolute atomic E-state index is 6.06. The van der Waals surface area contributed by atoms with Crippen molar-refractivity contribution in [3.05, 3.63) is 46.9 Å². The van der Waals surface area contributed by atoms with Crippen LogP contribution in [0, 0.1) is 0 Å². The Balaban J connectivity index is 0.00000364. The molecule has 0 amide bonds. The number of aliphatic imine (C=N–C) groups is 1.